The molecular formula is C18H12O7. The fraction of sp³-hybridized carbons (Fsp3) is 0.167. The standard InChI is InChI=1S/C18H12O7/c1-22-10-6-11-12(7-4-5-23-18(7)24-11)17-14(10)15(21)13-8(19)2-3-9(20)16(13)25-17/h2-7,18-20H,1H3/t7-,18+/m0/s1. The molecule has 2 aliphatic rings. The third-order valence-electron chi connectivity index (χ3n) is 4.61. The van der Waals surface area contributed by atoms with Crippen LogP contribution in [0.3, 0.4) is 0 Å². The molecule has 7 heteroatoms. The second-order valence-corrected chi connectivity index (χ2v) is 5.91. The van der Waals surface area contributed by atoms with Crippen LogP contribution in [0.1, 0.15) is 11.5 Å². The molecule has 0 fully saturated rings. The number of methoxy groups -OCH3 is 1. The molecule has 2 N–H and O–H groups in total. The molecule has 0 aliphatic carbocycles. The summed E-state index contributed by atoms with van der Waals surface area (Å²) in [7, 11) is 1.43. The van der Waals surface area contributed by atoms with E-state index >= 15 is 0 Å². The van der Waals surface area contributed by atoms with Gasteiger partial charge in [0.05, 0.1) is 24.9 Å². The zero-order chi connectivity index (χ0) is 17.3. The van der Waals surface area contributed by atoms with Gasteiger partial charge in [0.1, 0.15) is 33.6 Å². The highest BCUT2D eigenvalue weighted by Crippen LogP contribution is 2.49. The molecule has 3 heterocycles. The van der Waals surface area contributed by atoms with Gasteiger partial charge in [0, 0.05) is 6.07 Å². The van der Waals surface area contributed by atoms with Gasteiger partial charge in [0.15, 0.2) is 11.3 Å². The van der Waals surface area contributed by atoms with Crippen LogP contribution < -0.4 is 14.9 Å². The van der Waals surface area contributed by atoms with Crippen molar-refractivity contribution in [2.24, 2.45) is 0 Å². The number of fused-ring (bicyclic) bond motifs is 6. The average molecular weight is 340 g/mol. The van der Waals surface area contributed by atoms with Crippen LogP contribution in [0, 0.1) is 0 Å². The van der Waals surface area contributed by atoms with Gasteiger partial charge in [-0.1, -0.05) is 0 Å². The van der Waals surface area contributed by atoms with Crippen LogP contribution >= 0.6 is 0 Å². The van der Waals surface area contributed by atoms with Crippen molar-refractivity contribution in [1.82, 2.24) is 0 Å². The van der Waals surface area contributed by atoms with E-state index in [-0.39, 0.29) is 45.1 Å². The molecule has 0 radical (unpaired) electrons. The van der Waals surface area contributed by atoms with E-state index in [0.29, 0.717) is 11.3 Å². The summed E-state index contributed by atoms with van der Waals surface area (Å²) in [4.78, 5) is 13.0. The molecule has 0 saturated carbocycles. The molecular weight excluding hydrogens is 328 g/mol. The molecule has 2 aliphatic heterocycles. The summed E-state index contributed by atoms with van der Waals surface area (Å²) in [5.74, 6) is 0.00618. The third-order valence-corrected chi connectivity index (χ3v) is 4.61. The maximum Gasteiger partial charge on any atom is 0.250 e. The van der Waals surface area contributed by atoms with Gasteiger partial charge >= 0.3 is 0 Å². The summed E-state index contributed by atoms with van der Waals surface area (Å²) in [6.45, 7) is 0. The molecule has 2 atom stereocenters. The Morgan fingerprint density at radius 1 is 1.12 bits per heavy atom. The van der Waals surface area contributed by atoms with Crippen molar-refractivity contribution < 1.29 is 28.8 Å². The molecule has 0 bridgehead atoms. The molecule has 0 saturated heterocycles. The van der Waals surface area contributed by atoms with E-state index in [1.165, 1.54) is 25.5 Å². The predicted molar refractivity (Wildman–Crippen MR) is 87.3 cm³/mol. The van der Waals surface area contributed by atoms with E-state index in [0.717, 1.165) is 0 Å². The van der Waals surface area contributed by atoms with Gasteiger partial charge < -0.3 is 28.8 Å². The average Bonchev–Trinajstić information content (AvgIpc) is 3.17. The van der Waals surface area contributed by atoms with Crippen molar-refractivity contribution in [2.45, 2.75) is 12.2 Å². The van der Waals surface area contributed by atoms with Crippen molar-refractivity contribution in [3.8, 4) is 23.0 Å². The van der Waals surface area contributed by atoms with Crippen LogP contribution in [-0.4, -0.2) is 23.6 Å². The molecule has 1 aromatic heterocycles. The molecule has 126 valence electrons. The summed E-state index contributed by atoms with van der Waals surface area (Å²) in [6, 6.07) is 4.12. The highest BCUT2D eigenvalue weighted by molar-refractivity contribution is 6.00. The highest BCUT2D eigenvalue weighted by Gasteiger charge is 2.41. The maximum atomic E-state index is 13.0. The monoisotopic (exact) mass is 340 g/mol. The number of phenols is 2. The first-order valence-electron chi connectivity index (χ1n) is 7.61. The number of benzene rings is 2. The Labute approximate surface area is 140 Å². The van der Waals surface area contributed by atoms with E-state index in [2.05, 4.69) is 0 Å². The summed E-state index contributed by atoms with van der Waals surface area (Å²) in [5, 5.41) is 20.3. The van der Waals surface area contributed by atoms with Gasteiger partial charge in [-0.3, -0.25) is 4.79 Å². The van der Waals surface area contributed by atoms with Crippen LogP contribution in [0.5, 0.6) is 23.0 Å². The van der Waals surface area contributed by atoms with Crippen molar-refractivity contribution in [3.05, 3.63) is 46.3 Å². The zero-order valence-corrected chi connectivity index (χ0v) is 13.0. The lowest BCUT2D eigenvalue weighted by atomic mass is 9.97. The van der Waals surface area contributed by atoms with Gasteiger partial charge in [0.2, 0.25) is 5.43 Å². The number of aromatic hydroxyl groups is 2. The van der Waals surface area contributed by atoms with E-state index in [1.54, 1.807) is 6.07 Å². The quantitative estimate of drug-likeness (QED) is 0.519. The van der Waals surface area contributed by atoms with Crippen LogP contribution in [0.25, 0.3) is 21.9 Å². The molecule has 5 rings (SSSR count). The maximum absolute atomic E-state index is 13.0. The predicted octanol–water partition coefficient (Wildman–Crippen LogP) is 2.71. The van der Waals surface area contributed by atoms with Crippen molar-refractivity contribution >= 4 is 21.9 Å². The van der Waals surface area contributed by atoms with Crippen LogP contribution in [0.4, 0.5) is 0 Å². The van der Waals surface area contributed by atoms with E-state index in [1.807, 2.05) is 6.08 Å². The number of hydrogen-bond donors (Lipinski definition) is 2. The SMILES string of the molecule is COc1cc2c(c3oc4c(O)ccc(O)c4c(=O)c13)[C@@H]1C=CO[C@@H]1O2. The topological polar surface area (TPSA) is 98.4 Å². The first-order valence-corrected chi connectivity index (χ1v) is 7.61. The normalized spacial score (nSPS) is 20.4. The molecule has 2 aromatic carbocycles. The summed E-state index contributed by atoms with van der Waals surface area (Å²) < 4.78 is 22.3. The van der Waals surface area contributed by atoms with Gasteiger partial charge in [-0.25, -0.2) is 0 Å². The fourth-order valence-corrected chi connectivity index (χ4v) is 3.48. The minimum Gasteiger partial charge on any atom is -0.507 e. The third kappa shape index (κ3) is 1.67. The lowest BCUT2D eigenvalue weighted by molar-refractivity contribution is -0.00484. The molecule has 0 spiro atoms. The number of phenolic OH excluding ortho intramolecular Hbond substituents is 2. The number of ether oxygens (including phenoxy) is 3. The molecule has 0 unspecified atom stereocenters. The Bertz CT molecular complexity index is 1140. The van der Waals surface area contributed by atoms with E-state index in [9.17, 15) is 15.0 Å². The Morgan fingerprint density at radius 2 is 1.92 bits per heavy atom. The molecule has 7 nitrogen and oxygen atoms in total. The Hall–Kier alpha value is -3.35. The highest BCUT2D eigenvalue weighted by atomic mass is 16.7. The number of rotatable bonds is 1. The second-order valence-electron chi connectivity index (χ2n) is 5.91. The summed E-state index contributed by atoms with van der Waals surface area (Å²) in [6.07, 6.45) is 2.83. The van der Waals surface area contributed by atoms with Crippen LogP contribution in [-0.2, 0) is 4.74 Å². The lowest BCUT2D eigenvalue weighted by Gasteiger charge is -2.11. The fourth-order valence-electron chi connectivity index (χ4n) is 3.48. The number of hydrogen-bond acceptors (Lipinski definition) is 7. The zero-order valence-electron chi connectivity index (χ0n) is 13.0. The van der Waals surface area contributed by atoms with Crippen molar-refractivity contribution in [1.29, 1.82) is 0 Å². The second kappa shape index (κ2) is 4.60. The Kier molecular flexibility index (Phi) is 2.58. The first kappa shape index (κ1) is 14.0. The van der Waals surface area contributed by atoms with Crippen molar-refractivity contribution in [3.63, 3.8) is 0 Å². The van der Waals surface area contributed by atoms with Gasteiger partial charge in [0.25, 0.3) is 6.29 Å². The van der Waals surface area contributed by atoms with Crippen LogP contribution in [0.15, 0.2) is 39.7 Å². The molecule has 25 heavy (non-hydrogen) atoms. The van der Waals surface area contributed by atoms with Crippen molar-refractivity contribution in [2.75, 3.05) is 7.11 Å². The summed E-state index contributed by atoms with van der Waals surface area (Å²) >= 11 is 0. The smallest absolute Gasteiger partial charge is 0.250 e. The molecule has 0 amide bonds. The van der Waals surface area contributed by atoms with Gasteiger partial charge in [-0.05, 0) is 18.2 Å². The lowest BCUT2D eigenvalue weighted by Crippen LogP contribution is -2.14. The van der Waals surface area contributed by atoms with Gasteiger partial charge in [-0.2, -0.15) is 0 Å². The minimum absolute atomic E-state index is 0.0840. The minimum atomic E-state index is -0.524. The summed E-state index contributed by atoms with van der Waals surface area (Å²) in [5.41, 5.74) is 0.321. The Balaban J connectivity index is 2.02. The molecule has 3 aromatic rings. The van der Waals surface area contributed by atoms with E-state index < -0.39 is 11.7 Å². The Morgan fingerprint density at radius 3 is 2.72 bits per heavy atom. The van der Waals surface area contributed by atoms with E-state index in [4.69, 9.17) is 18.6 Å². The van der Waals surface area contributed by atoms with Crippen LogP contribution in [0.2, 0.25) is 0 Å². The van der Waals surface area contributed by atoms with Gasteiger partial charge in [-0.15, -0.1) is 0 Å². The largest absolute Gasteiger partial charge is 0.507 e. The first-order chi connectivity index (χ1) is 12.1.